The number of amides is 1. The van der Waals surface area contributed by atoms with Crippen molar-refractivity contribution in [2.45, 2.75) is 13.0 Å². The molecule has 0 radical (unpaired) electrons. The Hall–Kier alpha value is -3.32. The number of aryl methyl sites for hydroxylation is 1. The summed E-state index contributed by atoms with van der Waals surface area (Å²) in [5, 5.41) is 11.3. The largest absolute Gasteiger partial charge is 0.507 e. The van der Waals surface area contributed by atoms with Gasteiger partial charge in [-0.05, 0) is 44.8 Å². The fourth-order valence-corrected chi connectivity index (χ4v) is 3.75. The topological polar surface area (TPSA) is 79.3 Å². The number of likely N-dealkylation sites (N-methyl/N-ethyl adjacent to an activating group) is 1. The molecule has 3 rings (SSSR count). The number of Topliss-reactive ketones (excluding diaryl/α,β-unsaturated/α-hetero) is 1. The van der Waals surface area contributed by atoms with Crippen LogP contribution in [0.5, 0.6) is 11.5 Å². The molecule has 0 bridgehead atoms. The van der Waals surface area contributed by atoms with Crippen LogP contribution in [0.2, 0.25) is 0 Å². The molecule has 164 valence electrons. The zero-order chi connectivity index (χ0) is 22.7. The van der Waals surface area contributed by atoms with Crippen molar-refractivity contribution in [1.29, 1.82) is 0 Å². The molecule has 0 aliphatic carbocycles. The third-order valence-electron chi connectivity index (χ3n) is 5.35. The van der Waals surface area contributed by atoms with Gasteiger partial charge in [-0.15, -0.1) is 0 Å². The summed E-state index contributed by atoms with van der Waals surface area (Å²) in [5.74, 6) is -0.755. The Bertz CT molecular complexity index is 1030. The van der Waals surface area contributed by atoms with Gasteiger partial charge < -0.3 is 24.4 Å². The van der Waals surface area contributed by atoms with Gasteiger partial charge in [0.05, 0.1) is 31.4 Å². The molecule has 1 atom stereocenters. The molecule has 1 heterocycles. The number of likely N-dealkylation sites (tertiary alicyclic amines) is 1. The van der Waals surface area contributed by atoms with E-state index in [0.29, 0.717) is 30.2 Å². The number of aliphatic hydroxyl groups excluding tert-OH is 1. The zero-order valence-electron chi connectivity index (χ0n) is 18.5. The summed E-state index contributed by atoms with van der Waals surface area (Å²) in [6.45, 7) is 2.88. The van der Waals surface area contributed by atoms with Crippen molar-refractivity contribution < 1.29 is 24.2 Å². The summed E-state index contributed by atoms with van der Waals surface area (Å²) < 4.78 is 10.7. The van der Waals surface area contributed by atoms with Crippen LogP contribution >= 0.6 is 0 Å². The fraction of sp³-hybridized carbons (Fsp3) is 0.333. The molecule has 7 nitrogen and oxygen atoms in total. The molecule has 31 heavy (non-hydrogen) atoms. The molecule has 0 spiro atoms. The summed E-state index contributed by atoms with van der Waals surface area (Å²) in [6.07, 6.45) is 0. The van der Waals surface area contributed by atoms with Crippen LogP contribution in [0.15, 0.2) is 48.0 Å². The number of hydrogen-bond acceptors (Lipinski definition) is 6. The minimum Gasteiger partial charge on any atom is -0.507 e. The summed E-state index contributed by atoms with van der Waals surface area (Å²) in [6, 6.07) is 11.9. The van der Waals surface area contributed by atoms with Crippen molar-refractivity contribution in [3.8, 4) is 11.5 Å². The number of nitrogens with zero attached hydrogens (tertiary/aromatic N) is 2. The lowest BCUT2D eigenvalue weighted by atomic mass is 9.94. The average molecular weight is 424 g/mol. The van der Waals surface area contributed by atoms with Crippen LogP contribution in [0.3, 0.4) is 0 Å². The maximum atomic E-state index is 13.1. The monoisotopic (exact) mass is 424 g/mol. The van der Waals surface area contributed by atoms with E-state index < -0.39 is 17.7 Å². The molecular weight excluding hydrogens is 396 g/mol. The Balaban J connectivity index is 2.22. The predicted octanol–water partition coefficient (Wildman–Crippen LogP) is 3.00. The molecule has 2 aromatic carbocycles. The van der Waals surface area contributed by atoms with Crippen LogP contribution < -0.4 is 9.47 Å². The maximum Gasteiger partial charge on any atom is 0.295 e. The van der Waals surface area contributed by atoms with Crippen LogP contribution in [0, 0.1) is 6.92 Å². The number of methoxy groups -OCH3 is 2. The van der Waals surface area contributed by atoms with Crippen LogP contribution in [0.1, 0.15) is 22.7 Å². The number of rotatable bonds is 7. The summed E-state index contributed by atoms with van der Waals surface area (Å²) in [7, 11) is 6.80. The summed E-state index contributed by atoms with van der Waals surface area (Å²) in [4.78, 5) is 29.5. The van der Waals surface area contributed by atoms with Crippen molar-refractivity contribution in [2.24, 2.45) is 0 Å². The first kappa shape index (κ1) is 22.4. The highest BCUT2D eigenvalue weighted by atomic mass is 16.5. The second-order valence-corrected chi connectivity index (χ2v) is 7.78. The van der Waals surface area contributed by atoms with Gasteiger partial charge in [0.2, 0.25) is 0 Å². The Kier molecular flexibility index (Phi) is 6.65. The van der Waals surface area contributed by atoms with Crippen molar-refractivity contribution in [3.63, 3.8) is 0 Å². The van der Waals surface area contributed by atoms with Crippen molar-refractivity contribution >= 4 is 17.4 Å². The average Bonchev–Trinajstić information content (AvgIpc) is 3.01. The van der Waals surface area contributed by atoms with E-state index in [0.717, 1.165) is 11.1 Å². The van der Waals surface area contributed by atoms with Gasteiger partial charge in [0.15, 0.2) is 0 Å². The number of ether oxygens (including phenoxy) is 2. The summed E-state index contributed by atoms with van der Waals surface area (Å²) in [5.41, 5.74) is 2.10. The SMILES string of the molecule is COc1ccc(OC)c(/C(O)=C2\C(=O)C(=O)N(CCN(C)C)C2c2cccc(C)c2)c1. The first-order chi connectivity index (χ1) is 14.8. The van der Waals surface area contributed by atoms with Gasteiger partial charge in [0, 0.05) is 13.1 Å². The van der Waals surface area contributed by atoms with Gasteiger partial charge >= 0.3 is 0 Å². The Morgan fingerprint density at radius 3 is 2.45 bits per heavy atom. The van der Waals surface area contributed by atoms with Gasteiger partial charge in [0.1, 0.15) is 17.3 Å². The van der Waals surface area contributed by atoms with Crippen molar-refractivity contribution in [3.05, 3.63) is 64.7 Å². The number of ketones is 1. The predicted molar refractivity (Wildman–Crippen MR) is 118 cm³/mol. The van der Waals surface area contributed by atoms with E-state index in [1.165, 1.54) is 19.1 Å². The lowest BCUT2D eigenvalue weighted by Crippen LogP contribution is -2.35. The zero-order valence-corrected chi connectivity index (χ0v) is 18.5. The molecule has 1 fully saturated rings. The Labute approximate surface area is 182 Å². The van der Waals surface area contributed by atoms with E-state index in [2.05, 4.69) is 0 Å². The molecule has 1 aliphatic heterocycles. The number of benzene rings is 2. The molecule has 1 aliphatic rings. The Morgan fingerprint density at radius 1 is 1.10 bits per heavy atom. The maximum absolute atomic E-state index is 13.1. The first-order valence-corrected chi connectivity index (χ1v) is 10.0. The van der Waals surface area contributed by atoms with E-state index >= 15 is 0 Å². The first-order valence-electron chi connectivity index (χ1n) is 10.0. The summed E-state index contributed by atoms with van der Waals surface area (Å²) >= 11 is 0. The third kappa shape index (κ3) is 4.41. The number of aliphatic hydroxyl groups is 1. The standard InChI is InChI=1S/C24H28N2O5/c1-15-7-6-8-16(13-15)21-20(23(28)24(29)26(21)12-11-25(2)3)22(27)18-14-17(30-4)9-10-19(18)31-5/h6-10,13-14,21,27H,11-12H2,1-5H3/b22-20+. The van der Waals surface area contributed by atoms with Crippen molar-refractivity contribution in [1.82, 2.24) is 9.80 Å². The molecule has 1 saturated heterocycles. The minimum atomic E-state index is -0.715. The lowest BCUT2D eigenvalue weighted by Gasteiger charge is -2.27. The van der Waals surface area contributed by atoms with Gasteiger partial charge in [-0.1, -0.05) is 29.8 Å². The van der Waals surface area contributed by atoms with Crippen LogP contribution in [-0.2, 0) is 9.59 Å². The van der Waals surface area contributed by atoms with Crippen LogP contribution in [-0.4, -0.2) is 68.0 Å². The van der Waals surface area contributed by atoms with E-state index in [4.69, 9.17) is 9.47 Å². The highest BCUT2D eigenvalue weighted by Crippen LogP contribution is 2.41. The smallest absolute Gasteiger partial charge is 0.295 e. The molecule has 1 N–H and O–H groups in total. The molecular formula is C24H28N2O5. The second kappa shape index (κ2) is 9.22. The van der Waals surface area contributed by atoms with Crippen LogP contribution in [0.25, 0.3) is 5.76 Å². The number of carbonyl (C=O) groups is 2. The van der Waals surface area contributed by atoms with Gasteiger partial charge in [0.25, 0.3) is 11.7 Å². The van der Waals surface area contributed by atoms with Gasteiger partial charge in [-0.25, -0.2) is 0 Å². The van der Waals surface area contributed by atoms with Crippen LogP contribution in [0.4, 0.5) is 0 Å². The van der Waals surface area contributed by atoms with E-state index in [-0.39, 0.29) is 11.3 Å². The highest BCUT2D eigenvalue weighted by Gasteiger charge is 2.46. The van der Waals surface area contributed by atoms with E-state index in [1.807, 2.05) is 50.2 Å². The fourth-order valence-electron chi connectivity index (χ4n) is 3.75. The normalized spacial score (nSPS) is 18.0. The van der Waals surface area contributed by atoms with Gasteiger partial charge in [-0.2, -0.15) is 0 Å². The second-order valence-electron chi connectivity index (χ2n) is 7.78. The number of hydrogen-bond donors (Lipinski definition) is 1. The molecule has 7 heteroatoms. The van der Waals surface area contributed by atoms with Gasteiger partial charge in [-0.3, -0.25) is 9.59 Å². The lowest BCUT2D eigenvalue weighted by molar-refractivity contribution is -0.140. The molecule has 0 aromatic heterocycles. The molecule has 1 unspecified atom stereocenters. The molecule has 1 amide bonds. The third-order valence-corrected chi connectivity index (χ3v) is 5.35. The Morgan fingerprint density at radius 2 is 1.84 bits per heavy atom. The quantitative estimate of drug-likeness (QED) is 0.418. The highest BCUT2D eigenvalue weighted by molar-refractivity contribution is 6.46. The van der Waals surface area contributed by atoms with E-state index in [9.17, 15) is 14.7 Å². The molecule has 2 aromatic rings. The number of carbonyl (C=O) groups excluding carboxylic acids is 2. The van der Waals surface area contributed by atoms with Crippen molar-refractivity contribution in [2.75, 3.05) is 41.4 Å². The van der Waals surface area contributed by atoms with E-state index in [1.54, 1.807) is 18.2 Å². The molecule has 0 saturated carbocycles. The minimum absolute atomic E-state index is 0.0425.